The molecule has 0 saturated carbocycles. The first-order valence-corrected chi connectivity index (χ1v) is 15.7. The third kappa shape index (κ3) is 5.22. The van der Waals surface area contributed by atoms with Crippen molar-refractivity contribution in [1.29, 1.82) is 0 Å². The molecule has 234 valence electrons. The zero-order chi connectivity index (χ0) is 32.7. The molecule has 0 unspecified atom stereocenters. The molecule has 1 atom stereocenters. The fourth-order valence-corrected chi connectivity index (χ4v) is 6.99. The van der Waals surface area contributed by atoms with Crippen molar-refractivity contribution >= 4 is 39.8 Å². The average molecular weight is 637 g/mol. The highest BCUT2D eigenvalue weighted by Crippen LogP contribution is 2.40. The molecule has 6 rings (SSSR count). The van der Waals surface area contributed by atoms with Crippen molar-refractivity contribution in [3.63, 3.8) is 0 Å². The molecular weight excluding hydrogens is 604 g/mol. The van der Waals surface area contributed by atoms with Crippen LogP contribution in [-0.4, -0.2) is 40.5 Å². The van der Waals surface area contributed by atoms with Gasteiger partial charge in [0, 0.05) is 41.9 Å². The first-order chi connectivity index (χ1) is 22.2. The molecule has 1 aliphatic rings. The highest BCUT2D eigenvalue weighted by molar-refractivity contribution is 7.07. The van der Waals surface area contributed by atoms with Crippen LogP contribution in [0.5, 0.6) is 5.75 Å². The lowest BCUT2D eigenvalue weighted by molar-refractivity contribution is -0.385. The lowest BCUT2D eigenvalue weighted by Gasteiger charge is -2.30. The molecule has 10 nitrogen and oxygen atoms in total. The molecule has 0 radical (unpaired) electrons. The lowest BCUT2D eigenvalue weighted by Crippen LogP contribution is -2.43. The maximum Gasteiger partial charge on any atom is 0.273 e. The predicted molar refractivity (Wildman–Crippen MR) is 178 cm³/mol. The Kier molecular flexibility index (Phi) is 8.18. The molecule has 0 N–H and O–H groups in total. The van der Waals surface area contributed by atoms with Crippen molar-refractivity contribution < 1.29 is 18.9 Å². The number of allylic oxidation sites excluding steroid dienone is 1. The molecule has 1 amide bonds. The van der Waals surface area contributed by atoms with Gasteiger partial charge in [-0.15, -0.1) is 0 Å². The van der Waals surface area contributed by atoms with Gasteiger partial charge in [-0.3, -0.25) is 24.3 Å². The van der Waals surface area contributed by atoms with Crippen LogP contribution in [0.4, 0.5) is 5.69 Å². The van der Waals surface area contributed by atoms with Gasteiger partial charge in [0.15, 0.2) is 4.80 Å². The Hall–Kier alpha value is -5.29. The average Bonchev–Trinajstić information content (AvgIpc) is 3.64. The number of nitro groups is 1. The Bertz CT molecular complexity index is 2240. The number of fused-ring (bicyclic) bond motifs is 2. The number of benzene rings is 3. The summed E-state index contributed by atoms with van der Waals surface area (Å²) >= 11 is 1.20. The molecule has 0 spiro atoms. The lowest BCUT2D eigenvalue weighted by atomic mass is 9.90. The molecule has 1 aliphatic heterocycles. The van der Waals surface area contributed by atoms with E-state index >= 15 is 0 Å². The van der Waals surface area contributed by atoms with Crippen LogP contribution in [0.15, 0.2) is 92.2 Å². The van der Waals surface area contributed by atoms with Crippen LogP contribution in [0.25, 0.3) is 28.2 Å². The van der Waals surface area contributed by atoms with E-state index in [0.717, 1.165) is 10.8 Å². The number of ether oxygens (including phenoxy) is 1. The summed E-state index contributed by atoms with van der Waals surface area (Å²) in [5.74, 6) is 1.20. The SMILES string of the molecule is CCN(CC)C(=O)C1=C(C)N=c2s/c(=C/c3ccc(-c4ccc(C)c([N+](=O)[O-])c4)o3)c(=O)n2[C@@H]1c1c(OC)ccc2ccccc12. The van der Waals surface area contributed by atoms with Gasteiger partial charge in [-0.2, -0.15) is 0 Å². The van der Waals surface area contributed by atoms with Crippen molar-refractivity contribution in [3.05, 3.63) is 125 Å². The number of carbonyl (C=O) groups is 1. The summed E-state index contributed by atoms with van der Waals surface area (Å²) in [5, 5.41) is 13.3. The van der Waals surface area contributed by atoms with Gasteiger partial charge in [-0.05, 0) is 56.7 Å². The highest BCUT2D eigenvalue weighted by Gasteiger charge is 2.36. The number of carbonyl (C=O) groups excluding carboxylic acids is 1. The van der Waals surface area contributed by atoms with Crippen molar-refractivity contribution in [3.8, 4) is 17.1 Å². The smallest absolute Gasteiger partial charge is 0.273 e. The number of thiazole rings is 1. The number of nitrogens with zero attached hydrogens (tertiary/aromatic N) is 4. The Labute approximate surface area is 268 Å². The van der Waals surface area contributed by atoms with Crippen LogP contribution in [0.2, 0.25) is 0 Å². The van der Waals surface area contributed by atoms with E-state index in [1.165, 1.54) is 17.4 Å². The van der Waals surface area contributed by atoms with E-state index in [-0.39, 0.29) is 17.2 Å². The van der Waals surface area contributed by atoms with Gasteiger partial charge in [-0.25, -0.2) is 4.99 Å². The topological polar surface area (TPSA) is 120 Å². The number of aryl methyl sites for hydroxylation is 1. The molecule has 46 heavy (non-hydrogen) atoms. The van der Waals surface area contributed by atoms with Crippen molar-refractivity contribution in [2.24, 2.45) is 4.99 Å². The van der Waals surface area contributed by atoms with Gasteiger partial charge < -0.3 is 14.1 Å². The fraction of sp³-hybridized carbons (Fsp3) is 0.229. The van der Waals surface area contributed by atoms with E-state index < -0.39 is 11.0 Å². The van der Waals surface area contributed by atoms with Crippen molar-refractivity contribution in [1.82, 2.24) is 9.47 Å². The maximum atomic E-state index is 14.3. The number of nitro benzene ring substituents is 1. The Morgan fingerprint density at radius 1 is 1.11 bits per heavy atom. The van der Waals surface area contributed by atoms with Gasteiger partial charge >= 0.3 is 0 Å². The first kappa shape index (κ1) is 30.7. The van der Waals surface area contributed by atoms with Gasteiger partial charge in [0.1, 0.15) is 23.3 Å². The second-order valence-electron chi connectivity index (χ2n) is 10.9. The van der Waals surface area contributed by atoms with Gasteiger partial charge in [0.25, 0.3) is 17.2 Å². The Balaban J connectivity index is 1.55. The number of hydrogen-bond donors (Lipinski definition) is 0. The molecule has 5 aromatic rings. The summed E-state index contributed by atoms with van der Waals surface area (Å²) in [6.07, 6.45) is 1.64. The van der Waals surface area contributed by atoms with Gasteiger partial charge in [-0.1, -0.05) is 53.8 Å². The molecule has 11 heteroatoms. The summed E-state index contributed by atoms with van der Waals surface area (Å²) in [6, 6.07) is 19.2. The van der Waals surface area contributed by atoms with Crippen LogP contribution in [0.1, 0.15) is 43.7 Å². The predicted octanol–water partition coefficient (Wildman–Crippen LogP) is 5.74. The molecule has 2 aromatic heterocycles. The van der Waals surface area contributed by atoms with E-state index in [2.05, 4.69) is 0 Å². The summed E-state index contributed by atoms with van der Waals surface area (Å²) < 4.78 is 13.8. The maximum absolute atomic E-state index is 14.3. The molecule has 3 aromatic carbocycles. The van der Waals surface area contributed by atoms with E-state index in [9.17, 15) is 19.7 Å². The second kappa shape index (κ2) is 12.2. The zero-order valence-electron chi connectivity index (χ0n) is 26.1. The number of likely N-dealkylation sites (N-methyl/N-ethyl adjacent to an activating group) is 1. The van der Waals surface area contributed by atoms with Crippen LogP contribution in [-0.2, 0) is 4.79 Å². The van der Waals surface area contributed by atoms with Gasteiger partial charge in [0.2, 0.25) is 0 Å². The molecule has 0 fully saturated rings. The molecule has 0 aliphatic carbocycles. The van der Waals surface area contributed by atoms with E-state index in [4.69, 9.17) is 14.1 Å². The Morgan fingerprint density at radius 3 is 2.59 bits per heavy atom. The van der Waals surface area contributed by atoms with E-state index in [1.54, 1.807) is 60.8 Å². The summed E-state index contributed by atoms with van der Waals surface area (Å²) in [4.78, 5) is 46.5. The van der Waals surface area contributed by atoms with Crippen LogP contribution < -0.4 is 19.6 Å². The highest BCUT2D eigenvalue weighted by atomic mass is 32.1. The normalized spacial score (nSPS) is 14.7. The first-order valence-electron chi connectivity index (χ1n) is 14.9. The third-order valence-electron chi connectivity index (χ3n) is 8.32. The molecular formula is C35H32N4O6S. The monoisotopic (exact) mass is 636 g/mol. The van der Waals surface area contributed by atoms with Crippen molar-refractivity contribution in [2.45, 2.75) is 33.7 Å². The second-order valence-corrected chi connectivity index (χ2v) is 11.9. The summed E-state index contributed by atoms with van der Waals surface area (Å²) in [6.45, 7) is 8.33. The fourth-order valence-electron chi connectivity index (χ4n) is 5.96. The minimum absolute atomic E-state index is 0.00180. The Morgan fingerprint density at radius 2 is 1.87 bits per heavy atom. The van der Waals surface area contributed by atoms with E-state index in [0.29, 0.717) is 67.7 Å². The number of amides is 1. The molecule has 0 saturated heterocycles. The van der Waals surface area contributed by atoms with E-state index in [1.807, 2.05) is 50.2 Å². The largest absolute Gasteiger partial charge is 0.496 e. The van der Waals surface area contributed by atoms with Gasteiger partial charge in [0.05, 0.1) is 27.8 Å². The summed E-state index contributed by atoms with van der Waals surface area (Å²) in [7, 11) is 1.58. The summed E-state index contributed by atoms with van der Waals surface area (Å²) in [5.41, 5.74) is 2.43. The zero-order valence-corrected chi connectivity index (χ0v) is 26.9. The van der Waals surface area contributed by atoms with Crippen LogP contribution in [0, 0.1) is 17.0 Å². The minimum atomic E-state index is -0.798. The third-order valence-corrected chi connectivity index (χ3v) is 9.30. The number of rotatable bonds is 8. The number of furan rings is 1. The number of aromatic nitrogens is 1. The molecule has 3 heterocycles. The van der Waals surface area contributed by atoms with Crippen LogP contribution >= 0.6 is 11.3 Å². The quantitative estimate of drug-likeness (QED) is 0.158. The minimum Gasteiger partial charge on any atom is -0.496 e. The number of hydrogen-bond acceptors (Lipinski definition) is 8. The van der Waals surface area contributed by atoms with Crippen molar-refractivity contribution in [2.75, 3.05) is 20.2 Å². The standard InChI is InChI=1S/C35H32N4O6S/c1-6-37(7-2)34(41)30-21(4)36-35-38(32(30)31-25-11-9-8-10-22(25)14-16-28(31)44-5)33(40)29(46-35)19-24-15-17-27(45-24)23-13-12-20(3)26(18-23)39(42)43/h8-19,32H,6-7H2,1-5H3/b29-19+/t32-/m0/s1. The molecule has 0 bridgehead atoms. The number of methoxy groups -OCH3 is 1. The van der Waals surface area contributed by atoms with Crippen LogP contribution in [0.3, 0.4) is 0 Å².